The van der Waals surface area contributed by atoms with Crippen LogP contribution in [0.1, 0.15) is 21.5 Å². The lowest BCUT2D eigenvalue weighted by atomic mass is 10.1. The Morgan fingerprint density at radius 2 is 1.35 bits per heavy atom. The first kappa shape index (κ1) is 18.2. The lowest BCUT2D eigenvalue weighted by Gasteiger charge is -2.13. The van der Waals surface area contributed by atoms with Gasteiger partial charge in [-0.05, 0) is 29.3 Å². The Labute approximate surface area is 161 Å². The summed E-state index contributed by atoms with van der Waals surface area (Å²) in [5, 5.41) is 0.233. The Hall–Kier alpha value is -2.59. The van der Waals surface area contributed by atoms with Crippen LogP contribution in [0.15, 0.2) is 78.9 Å². The highest BCUT2D eigenvalue weighted by Crippen LogP contribution is 2.27. The molecule has 0 spiro atoms. The fourth-order valence-electron chi connectivity index (χ4n) is 2.49. The van der Waals surface area contributed by atoms with E-state index in [-0.39, 0.29) is 11.1 Å². The van der Waals surface area contributed by atoms with Crippen LogP contribution in [-0.2, 0) is 13.2 Å². The second-order valence-electron chi connectivity index (χ2n) is 5.76. The van der Waals surface area contributed by atoms with Crippen molar-refractivity contribution in [1.82, 2.24) is 0 Å². The van der Waals surface area contributed by atoms with Crippen LogP contribution in [0.4, 0.5) is 0 Å². The summed E-state index contributed by atoms with van der Waals surface area (Å²) in [6.45, 7) is 0.862. The van der Waals surface area contributed by atoms with Gasteiger partial charge in [-0.25, -0.2) is 0 Å². The van der Waals surface area contributed by atoms with Gasteiger partial charge in [-0.15, -0.1) is 0 Å². The van der Waals surface area contributed by atoms with E-state index in [1.54, 1.807) is 12.1 Å². The molecule has 0 fully saturated rings. The van der Waals surface area contributed by atoms with Crippen molar-refractivity contribution in [2.24, 2.45) is 0 Å². The summed E-state index contributed by atoms with van der Waals surface area (Å²) < 4.78 is 11.7. The lowest BCUT2D eigenvalue weighted by molar-refractivity contribution is 0.101. The number of ketones is 1. The van der Waals surface area contributed by atoms with Crippen molar-refractivity contribution in [2.45, 2.75) is 13.2 Å². The van der Waals surface area contributed by atoms with Crippen LogP contribution in [0.2, 0.25) is 0 Å². The summed E-state index contributed by atoms with van der Waals surface area (Å²) in [5.41, 5.74) is 2.64. The van der Waals surface area contributed by atoms with Gasteiger partial charge in [-0.1, -0.05) is 76.6 Å². The standard InChI is InChI=1S/C22H19BrO3/c23-14-21(24)20-13-19(25-15-17-7-3-1-4-8-17)11-12-22(20)26-16-18-9-5-2-6-10-18/h1-13H,14-16H2. The zero-order valence-electron chi connectivity index (χ0n) is 14.2. The van der Waals surface area contributed by atoms with Crippen molar-refractivity contribution in [3.63, 3.8) is 0 Å². The van der Waals surface area contributed by atoms with Crippen molar-refractivity contribution in [2.75, 3.05) is 5.33 Å². The zero-order chi connectivity index (χ0) is 18.2. The molecule has 4 heteroatoms. The van der Waals surface area contributed by atoms with Gasteiger partial charge in [0.2, 0.25) is 0 Å². The summed E-state index contributed by atoms with van der Waals surface area (Å²) in [4.78, 5) is 12.3. The number of Topliss-reactive ketones (excluding diaryl/α,β-unsaturated/α-hetero) is 1. The maximum Gasteiger partial charge on any atom is 0.177 e. The molecule has 0 amide bonds. The predicted molar refractivity (Wildman–Crippen MR) is 106 cm³/mol. The first-order chi connectivity index (χ1) is 12.8. The van der Waals surface area contributed by atoms with E-state index in [9.17, 15) is 4.79 Å². The minimum Gasteiger partial charge on any atom is -0.489 e. The summed E-state index contributed by atoms with van der Waals surface area (Å²) in [7, 11) is 0. The van der Waals surface area contributed by atoms with Gasteiger partial charge in [0.1, 0.15) is 24.7 Å². The third kappa shape index (κ3) is 4.96. The zero-order valence-corrected chi connectivity index (χ0v) is 15.8. The molecule has 3 aromatic rings. The predicted octanol–water partition coefficient (Wildman–Crippen LogP) is 5.42. The van der Waals surface area contributed by atoms with E-state index in [4.69, 9.17) is 9.47 Å². The number of halogens is 1. The Morgan fingerprint density at radius 3 is 1.92 bits per heavy atom. The average Bonchev–Trinajstić information content (AvgIpc) is 2.72. The number of benzene rings is 3. The Kier molecular flexibility index (Phi) is 6.45. The molecule has 0 heterocycles. The highest BCUT2D eigenvalue weighted by Gasteiger charge is 2.13. The van der Waals surface area contributed by atoms with Crippen LogP contribution in [0.3, 0.4) is 0 Å². The van der Waals surface area contributed by atoms with Gasteiger partial charge in [0.05, 0.1) is 10.9 Å². The average molecular weight is 411 g/mol. The first-order valence-electron chi connectivity index (χ1n) is 8.33. The molecule has 0 aliphatic carbocycles. The second kappa shape index (κ2) is 9.20. The molecule has 0 saturated heterocycles. The highest BCUT2D eigenvalue weighted by molar-refractivity contribution is 9.09. The number of hydrogen-bond donors (Lipinski definition) is 0. The minimum absolute atomic E-state index is 0.0433. The molecule has 3 aromatic carbocycles. The summed E-state index contributed by atoms with van der Waals surface area (Å²) in [6.07, 6.45) is 0. The van der Waals surface area contributed by atoms with Crippen LogP contribution in [-0.4, -0.2) is 11.1 Å². The fraction of sp³-hybridized carbons (Fsp3) is 0.136. The molecule has 0 aromatic heterocycles. The number of alkyl halides is 1. The van der Waals surface area contributed by atoms with Crippen molar-refractivity contribution in [1.29, 1.82) is 0 Å². The summed E-state index contributed by atoms with van der Waals surface area (Å²) in [5.74, 6) is 1.16. The fourth-order valence-corrected chi connectivity index (χ4v) is 2.79. The number of ether oxygens (including phenoxy) is 2. The Morgan fingerprint density at radius 1 is 0.769 bits per heavy atom. The number of carbonyl (C=O) groups excluding carboxylic acids is 1. The minimum atomic E-state index is -0.0433. The van der Waals surface area contributed by atoms with E-state index in [0.717, 1.165) is 11.1 Å². The Balaban J connectivity index is 1.73. The van der Waals surface area contributed by atoms with Crippen LogP contribution < -0.4 is 9.47 Å². The topological polar surface area (TPSA) is 35.5 Å². The van der Waals surface area contributed by atoms with Crippen molar-refractivity contribution in [3.8, 4) is 11.5 Å². The van der Waals surface area contributed by atoms with E-state index < -0.39 is 0 Å². The van der Waals surface area contributed by atoms with Crippen molar-refractivity contribution < 1.29 is 14.3 Å². The molecule has 0 bridgehead atoms. The van der Waals surface area contributed by atoms with E-state index in [1.165, 1.54) is 0 Å². The van der Waals surface area contributed by atoms with Crippen LogP contribution in [0.25, 0.3) is 0 Å². The van der Waals surface area contributed by atoms with Crippen molar-refractivity contribution in [3.05, 3.63) is 95.6 Å². The van der Waals surface area contributed by atoms with Crippen molar-refractivity contribution >= 4 is 21.7 Å². The van der Waals surface area contributed by atoms with Crippen LogP contribution >= 0.6 is 15.9 Å². The molecule has 0 saturated carbocycles. The molecular weight excluding hydrogens is 392 g/mol. The number of hydrogen-bond acceptors (Lipinski definition) is 3. The monoisotopic (exact) mass is 410 g/mol. The van der Waals surface area contributed by atoms with E-state index >= 15 is 0 Å². The molecule has 0 atom stereocenters. The summed E-state index contributed by atoms with van der Waals surface area (Å²) >= 11 is 3.24. The third-order valence-electron chi connectivity index (χ3n) is 3.86. The third-order valence-corrected chi connectivity index (χ3v) is 4.37. The first-order valence-corrected chi connectivity index (χ1v) is 9.45. The number of carbonyl (C=O) groups is 1. The molecule has 0 unspecified atom stereocenters. The molecule has 0 N–H and O–H groups in total. The molecule has 0 aliphatic rings. The smallest absolute Gasteiger partial charge is 0.177 e. The van der Waals surface area contributed by atoms with Gasteiger partial charge in [0, 0.05) is 0 Å². The van der Waals surface area contributed by atoms with Gasteiger partial charge in [-0.3, -0.25) is 4.79 Å². The molecule has 3 rings (SSSR count). The molecule has 132 valence electrons. The number of rotatable bonds is 8. The van der Waals surface area contributed by atoms with Gasteiger partial charge >= 0.3 is 0 Å². The van der Waals surface area contributed by atoms with E-state index in [2.05, 4.69) is 15.9 Å². The molecule has 0 aliphatic heterocycles. The van der Waals surface area contributed by atoms with E-state index in [0.29, 0.717) is 30.3 Å². The largest absolute Gasteiger partial charge is 0.489 e. The molecule has 26 heavy (non-hydrogen) atoms. The molecule has 3 nitrogen and oxygen atoms in total. The highest BCUT2D eigenvalue weighted by atomic mass is 79.9. The molecule has 0 radical (unpaired) electrons. The maximum absolute atomic E-state index is 12.3. The van der Waals surface area contributed by atoms with Gasteiger partial charge in [0.25, 0.3) is 0 Å². The van der Waals surface area contributed by atoms with Gasteiger partial charge in [0.15, 0.2) is 5.78 Å². The SMILES string of the molecule is O=C(CBr)c1cc(OCc2ccccc2)ccc1OCc1ccccc1. The van der Waals surface area contributed by atoms with Crippen LogP contribution in [0, 0.1) is 0 Å². The normalized spacial score (nSPS) is 10.3. The van der Waals surface area contributed by atoms with Crippen LogP contribution in [0.5, 0.6) is 11.5 Å². The maximum atomic E-state index is 12.3. The Bertz CT molecular complexity index is 848. The van der Waals surface area contributed by atoms with Gasteiger partial charge < -0.3 is 9.47 Å². The quantitative estimate of drug-likeness (QED) is 0.367. The van der Waals surface area contributed by atoms with Gasteiger partial charge in [-0.2, -0.15) is 0 Å². The van der Waals surface area contributed by atoms with E-state index in [1.807, 2.05) is 66.7 Å². The second-order valence-corrected chi connectivity index (χ2v) is 6.32. The molecular formula is C22H19BrO3. The summed E-state index contributed by atoms with van der Waals surface area (Å²) in [6, 6.07) is 25.1. The lowest BCUT2D eigenvalue weighted by Crippen LogP contribution is -2.06.